The van der Waals surface area contributed by atoms with Crippen LogP contribution in [0.3, 0.4) is 0 Å². The summed E-state index contributed by atoms with van der Waals surface area (Å²) in [4.78, 5) is 21.6. The van der Waals surface area contributed by atoms with Gasteiger partial charge in [0.15, 0.2) is 18.2 Å². The zero-order chi connectivity index (χ0) is 18.8. The minimum absolute atomic E-state index is 0.0462. The number of carbonyl (C=O) groups is 1. The van der Waals surface area contributed by atoms with Gasteiger partial charge in [0.2, 0.25) is 5.82 Å². The molecule has 3 heterocycles. The van der Waals surface area contributed by atoms with Gasteiger partial charge in [0, 0.05) is 12.4 Å². The highest BCUT2D eigenvalue weighted by atomic mass is 32.1. The lowest BCUT2D eigenvalue weighted by Crippen LogP contribution is -2.04. The molecule has 0 bridgehead atoms. The second kappa shape index (κ2) is 7.16. The van der Waals surface area contributed by atoms with Crippen molar-refractivity contribution in [2.45, 2.75) is 20.1 Å². The van der Waals surface area contributed by atoms with Crippen LogP contribution in [0.2, 0.25) is 0 Å². The van der Waals surface area contributed by atoms with E-state index in [4.69, 9.17) is 14.0 Å². The molecule has 27 heavy (non-hydrogen) atoms. The zero-order valence-corrected chi connectivity index (χ0v) is 14.9. The highest BCUT2D eigenvalue weighted by Crippen LogP contribution is 2.19. The van der Waals surface area contributed by atoms with E-state index in [0.717, 1.165) is 10.7 Å². The van der Waals surface area contributed by atoms with E-state index in [2.05, 4.69) is 15.1 Å². The van der Waals surface area contributed by atoms with Crippen LogP contribution in [0.4, 0.5) is 4.39 Å². The minimum Gasteiger partial charge on any atom is -0.485 e. The first kappa shape index (κ1) is 17.2. The molecule has 8 nitrogen and oxygen atoms in total. The fraction of sp³-hybridized carbons (Fsp3) is 0.176. The number of thiazole rings is 1. The molecule has 0 atom stereocenters. The molecule has 0 saturated heterocycles. The number of nitrogens with zero attached hydrogens (tertiary/aromatic N) is 4. The van der Waals surface area contributed by atoms with Crippen molar-refractivity contribution in [3.05, 3.63) is 64.8 Å². The van der Waals surface area contributed by atoms with E-state index in [9.17, 15) is 9.18 Å². The standard InChI is InChI=1S/C17H13FN4O4S/c1-10-6-22-7-13(27-17(22)19-10)16(23)25-9-15-20-14(21-26-15)8-24-12-4-2-11(18)3-5-12/h2-7H,8-9H2,1H3. The Hall–Kier alpha value is -3.27. The number of rotatable bonds is 6. The molecule has 3 aromatic heterocycles. The van der Waals surface area contributed by atoms with Crippen molar-refractivity contribution in [3.63, 3.8) is 0 Å². The molecule has 4 rings (SSSR count). The second-order valence-electron chi connectivity index (χ2n) is 5.59. The van der Waals surface area contributed by atoms with Gasteiger partial charge in [0.25, 0.3) is 5.89 Å². The first-order valence-electron chi connectivity index (χ1n) is 7.89. The Morgan fingerprint density at radius 3 is 2.81 bits per heavy atom. The summed E-state index contributed by atoms with van der Waals surface area (Å²) < 4.78 is 30.2. The van der Waals surface area contributed by atoms with Crippen LogP contribution in [0.15, 0.2) is 41.2 Å². The number of esters is 1. The summed E-state index contributed by atoms with van der Waals surface area (Å²) in [5.74, 6) is 0.0754. The molecular weight excluding hydrogens is 375 g/mol. The van der Waals surface area contributed by atoms with Crippen LogP contribution in [-0.2, 0) is 18.0 Å². The number of fused-ring (bicyclic) bond motifs is 1. The fourth-order valence-corrected chi connectivity index (χ4v) is 3.20. The summed E-state index contributed by atoms with van der Waals surface area (Å²) in [6, 6.07) is 5.58. The molecule has 0 spiro atoms. The number of benzene rings is 1. The van der Waals surface area contributed by atoms with Crippen molar-refractivity contribution in [1.82, 2.24) is 19.5 Å². The highest BCUT2D eigenvalue weighted by Gasteiger charge is 2.15. The highest BCUT2D eigenvalue weighted by molar-refractivity contribution is 7.18. The van der Waals surface area contributed by atoms with Crippen molar-refractivity contribution in [1.29, 1.82) is 0 Å². The monoisotopic (exact) mass is 388 g/mol. The van der Waals surface area contributed by atoms with Gasteiger partial charge in [-0.3, -0.25) is 4.40 Å². The van der Waals surface area contributed by atoms with Crippen LogP contribution >= 0.6 is 11.3 Å². The Morgan fingerprint density at radius 2 is 2.04 bits per heavy atom. The first-order valence-corrected chi connectivity index (χ1v) is 8.70. The van der Waals surface area contributed by atoms with Crippen LogP contribution < -0.4 is 4.74 Å². The molecule has 10 heteroatoms. The van der Waals surface area contributed by atoms with Gasteiger partial charge in [-0.25, -0.2) is 14.2 Å². The summed E-state index contributed by atoms with van der Waals surface area (Å²) in [5.41, 5.74) is 0.877. The number of halogens is 1. The Balaban J connectivity index is 1.31. The Morgan fingerprint density at radius 1 is 1.22 bits per heavy atom. The Labute approximate surface area is 156 Å². The van der Waals surface area contributed by atoms with Gasteiger partial charge in [-0.2, -0.15) is 4.98 Å². The predicted molar refractivity (Wildman–Crippen MR) is 92.0 cm³/mol. The van der Waals surface area contributed by atoms with Gasteiger partial charge in [-0.1, -0.05) is 16.5 Å². The lowest BCUT2D eigenvalue weighted by atomic mass is 10.3. The van der Waals surface area contributed by atoms with Crippen molar-refractivity contribution in [2.75, 3.05) is 0 Å². The molecule has 0 radical (unpaired) electrons. The molecule has 0 unspecified atom stereocenters. The lowest BCUT2D eigenvalue weighted by Gasteiger charge is -2.02. The molecule has 1 aromatic carbocycles. The SMILES string of the molecule is Cc1cn2cc(C(=O)OCc3nc(COc4ccc(F)cc4)no3)sc2n1. The molecule has 138 valence electrons. The third kappa shape index (κ3) is 3.95. The molecule has 0 aliphatic heterocycles. The van der Waals surface area contributed by atoms with Crippen molar-refractivity contribution >= 4 is 22.3 Å². The normalized spacial score (nSPS) is 11.0. The summed E-state index contributed by atoms with van der Waals surface area (Å²) in [6.07, 6.45) is 3.49. The molecule has 0 saturated carbocycles. The molecule has 4 aromatic rings. The minimum atomic E-state index is -0.495. The van der Waals surface area contributed by atoms with Crippen LogP contribution in [0.25, 0.3) is 4.96 Å². The number of aromatic nitrogens is 4. The second-order valence-corrected chi connectivity index (χ2v) is 6.60. The van der Waals surface area contributed by atoms with Crippen molar-refractivity contribution in [3.8, 4) is 5.75 Å². The maximum Gasteiger partial charge on any atom is 0.350 e. The van der Waals surface area contributed by atoms with E-state index in [1.54, 1.807) is 10.6 Å². The largest absolute Gasteiger partial charge is 0.485 e. The third-order valence-corrected chi connectivity index (χ3v) is 4.47. The van der Waals surface area contributed by atoms with Gasteiger partial charge >= 0.3 is 5.97 Å². The Bertz CT molecular complexity index is 1050. The van der Waals surface area contributed by atoms with Crippen LogP contribution in [0.5, 0.6) is 5.75 Å². The van der Waals surface area contributed by atoms with E-state index in [1.165, 1.54) is 35.6 Å². The number of hydrogen-bond acceptors (Lipinski definition) is 8. The lowest BCUT2D eigenvalue weighted by molar-refractivity contribution is 0.0435. The predicted octanol–water partition coefficient (Wildman–Crippen LogP) is 3.16. The Kier molecular flexibility index (Phi) is 4.55. The van der Waals surface area contributed by atoms with Gasteiger partial charge in [0.1, 0.15) is 16.4 Å². The van der Waals surface area contributed by atoms with E-state index in [0.29, 0.717) is 10.6 Å². The summed E-state index contributed by atoms with van der Waals surface area (Å²) >= 11 is 1.24. The maximum absolute atomic E-state index is 12.8. The first-order chi connectivity index (χ1) is 13.1. The van der Waals surface area contributed by atoms with E-state index < -0.39 is 5.97 Å². The molecule has 0 amide bonds. The van der Waals surface area contributed by atoms with Gasteiger partial charge in [-0.05, 0) is 31.2 Å². The molecule has 0 aliphatic carbocycles. The van der Waals surface area contributed by atoms with Crippen LogP contribution in [-0.4, -0.2) is 25.5 Å². The summed E-state index contributed by atoms with van der Waals surface area (Å²) in [6.45, 7) is 1.77. The topological polar surface area (TPSA) is 91.8 Å². The summed E-state index contributed by atoms with van der Waals surface area (Å²) in [5, 5.41) is 3.75. The number of hydrogen-bond donors (Lipinski definition) is 0. The fourth-order valence-electron chi connectivity index (χ4n) is 2.29. The van der Waals surface area contributed by atoms with Gasteiger partial charge in [-0.15, -0.1) is 0 Å². The van der Waals surface area contributed by atoms with Gasteiger partial charge < -0.3 is 14.0 Å². The average Bonchev–Trinajstić information content (AvgIpc) is 3.34. The van der Waals surface area contributed by atoms with Crippen LogP contribution in [0, 0.1) is 12.7 Å². The smallest absolute Gasteiger partial charge is 0.350 e. The van der Waals surface area contributed by atoms with E-state index in [-0.39, 0.29) is 30.7 Å². The van der Waals surface area contributed by atoms with Crippen molar-refractivity contribution < 1.29 is 23.2 Å². The molecule has 0 N–H and O–H groups in total. The molecule has 0 aliphatic rings. The number of aryl methyl sites for hydroxylation is 1. The number of imidazole rings is 1. The number of ether oxygens (including phenoxy) is 2. The van der Waals surface area contributed by atoms with Gasteiger partial charge in [0.05, 0.1) is 5.69 Å². The zero-order valence-electron chi connectivity index (χ0n) is 14.1. The quantitative estimate of drug-likeness (QED) is 0.469. The van der Waals surface area contributed by atoms with Crippen LogP contribution in [0.1, 0.15) is 27.1 Å². The summed E-state index contributed by atoms with van der Waals surface area (Å²) in [7, 11) is 0. The maximum atomic E-state index is 12.8. The molecular formula is C17H13FN4O4S. The van der Waals surface area contributed by atoms with E-state index >= 15 is 0 Å². The van der Waals surface area contributed by atoms with Crippen molar-refractivity contribution in [2.24, 2.45) is 0 Å². The number of carbonyl (C=O) groups excluding carboxylic acids is 1. The molecule has 0 fully saturated rings. The third-order valence-electron chi connectivity index (χ3n) is 3.50. The van der Waals surface area contributed by atoms with E-state index in [1.807, 2.05) is 13.1 Å². The average molecular weight is 388 g/mol.